The number of amides is 1. The molecule has 1 aliphatic heterocycles. The van der Waals surface area contributed by atoms with E-state index in [1.54, 1.807) is 13.3 Å². The highest BCUT2D eigenvalue weighted by Crippen LogP contribution is 2.59. The van der Waals surface area contributed by atoms with Gasteiger partial charge in [-0.05, 0) is 48.9 Å². The van der Waals surface area contributed by atoms with Crippen LogP contribution in [0.2, 0.25) is 0 Å². The second kappa shape index (κ2) is 6.39. The van der Waals surface area contributed by atoms with Gasteiger partial charge in [-0.1, -0.05) is 0 Å². The minimum absolute atomic E-state index is 0.00960. The van der Waals surface area contributed by atoms with E-state index in [1.165, 1.54) is 11.3 Å². The van der Waals surface area contributed by atoms with Crippen LogP contribution in [-0.4, -0.2) is 47.1 Å². The van der Waals surface area contributed by atoms with Crippen LogP contribution in [0.4, 0.5) is 0 Å². The molecule has 0 bridgehead atoms. The fourth-order valence-corrected chi connectivity index (χ4v) is 4.69. The third kappa shape index (κ3) is 2.96. The summed E-state index contributed by atoms with van der Waals surface area (Å²) in [6.07, 6.45) is 3.94. The molecule has 2 heterocycles. The van der Waals surface area contributed by atoms with E-state index in [-0.39, 0.29) is 17.2 Å². The number of carboxylic acid groups (broad SMARTS) is 1. The van der Waals surface area contributed by atoms with Crippen molar-refractivity contribution in [1.82, 2.24) is 9.88 Å². The van der Waals surface area contributed by atoms with E-state index in [9.17, 15) is 14.7 Å². The smallest absolute Gasteiger partial charge is 0.307 e. The summed E-state index contributed by atoms with van der Waals surface area (Å²) in [7, 11) is 1.62. The number of methoxy groups -OCH3 is 1. The Kier molecular flexibility index (Phi) is 4.19. The Bertz CT molecular complexity index is 837. The summed E-state index contributed by atoms with van der Waals surface area (Å²) in [5, 5.41) is 9.98. The van der Waals surface area contributed by atoms with Gasteiger partial charge in [0.05, 0.1) is 19.2 Å². The van der Waals surface area contributed by atoms with Gasteiger partial charge in [0, 0.05) is 18.7 Å². The third-order valence-electron chi connectivity index (χ3n) is 5.59. The molecule has 1 spiro atoms. The lowest BCUT2D eigenvalue weighted by atomic mass is 9.91. The molecule has 1 aromatic heterocycles. The number of piperidine rings is 1. The monoisotopic (exact) mass is 372 g/mol. The maximum absolute atomic E-state index is 12.8. The number of benzene rings is 1. The standard InChI is InChI=1S/C19H20N2O4S/c1-25-13-4-2-12(3-5-13)16-20-11-15(26-16)17(22)21-8-6-19(7-9-21)10-14(19)18(23)24/h2-5,11,14H,6-10H2,1H3,(H,23,24). The number of hydrogen-bond donors (Lipinski definition) is 1. The molecule has 1 saturated heterocycles. The zero-order chi connectivity index (χ0) is 18.3. The van der Waals surface area contributed by atoms with Gasteiger partial charge in [0.15, 0.2) is 0 Å². The molecule has 6 nitrogen and oxygen atoms in total. The predicted octanol–water partition coefficient (Wildman–Crippen LogP) is 3.15. The van der Waals surface area contributed by atoms with E-state index in [1.807, 2.05) is 29.2 Å². The van der Waals surface area contributed by atoms with E-state index < -0.39 is 5.97 Å². The Morgan fingerprint density at radius 3 is 2.54 bits per heavy atom. The number of carbonyl (C=O) groups excluding carboxylic acids is 1. The highest BCUT2D eigenvalue weighted by atomic mass is 32.1. The number of likely N-dealkylation sites (tertiary alicyclic amines) is 1. The van der Waals surface area contributed by atoms with Gasteiger partial charge in [-0.3, -0.25) is 9.59 Å². The van der Waals surface area contributed by atoms with Crippen molar-refractivity contribution < 1.29 is 19.4 Å². The fourth-order valence-electron chi connectivity index (χ4n) is 3.80. The Balaban J connectivity index is 1.41. The zero-order valence-corrected chi connectivity index (χ0v) is 15.3. The first-order chi connectivity index (χ1) is 12.5. The van der Waals surface area contributed by atoms with Gasteiger partial charge in [-0.2, -0.15) is 0 Å². The van der Waals surface area contributed by atoms with Gasteiger partial charge in [0.25, 0.3) is 5.91 Å². The van der Waals surface area contributed by atoms with Crippen molar-refractivity contribution >= 4 is 23.2 Å². The Morgan fingerprint density at radius 1 is 1.27 bits per heavy atom. The molecule has 2 aliphatic rings. The van der Waals surface area contributed by atoms with Crippen LogP contribution in [0.5, 0.6) is 5.75 Å². The summed E-state index contributed by atoms with van der Waals surface area (Å²) in [4.78, 5) is 30.7. The van der Waals surface area contributed by atoms with Gasteiger partial charge in [-0.25, -0.2) is 4.98 Å². The highest BCUT2D eigenvalue weighted by Gasteiger charge is 2.59. The number of rotatable bonds is 4. The Labute approximate surface area is 155 Å². The molecular weight excluding hydrogens is 352 g/mol. The first kappa shape index (κ1) is 17.0. The number of hydrogen-bond acceptors (Lipinski definition) is 5. The number of aliphatic carboxylic acids is 1. The maximum Gasteiger partial charge on any atom is 0.307 e. The third-order valence-corrected chi connectivity index (χ3v) is 6.62. The number of aromatic nitrogens is 1. The number of carboxylic acids is 1. The van der Waals surface area contributed by atoms with Crippen LogP contribution in [-0.2, 0) is 4.79 Å². The van der Waals surface area contributed by atoms with Crippen molar-refractivity contribution in [3.8, 4) is 16.3 Å². The molecule has 1 atom stereocenters. The quantitative estimate of drug-likeness (QED) is 0.892. The molecular formula is C19H20N2O4S. The maximum atomic E-state index is 12.8. The van der Waals surface area contributed by atoms with Crippen molar-refractivity contribution in [3.05, 3.63) is 35.3 Å². The van der Waals surface area contributed by atoms with Gasteiger partial charge in [-0.15, -0.1) is 11.3 Å². The molecule has 1 aliphatic carbocycles. The van der Waals surface area contributed by atoms with Crippen LogP contribution in [0, 0.1) is 11.3 Å². The lowest BCUT2D eigenvalue weighted by molar-refractivity contribution is -0.139. The van der Waals surface area contributed by atoms with Crippen molar-refractivity contribution in [2.45, 2.75) is 19.3 Å². The lowest BCUT2D eigenvalue weighted by Gasteiger charge is -2.32. The topological polar surface area (TPSA) is 79.7 Å². The van der Waals surface area contributed by atoms with Gasteiger partial charge < -0.3 is 14.7 Å². The summed E-state index contributed by atoms with van der Waals surface area (Å²) in [5.41, 5.74) is 0.889. The second-order valence-corrected chi connectivity index (χ2v) is 8.04. The molecule has 136 valence electrons. The molecule has 26 heavy (non-hydrogen) atoms. The average molecular weight is 372 g/mol. The van der Waals surface area contributed by atoms with Crippen molar-refractivity contribution in [2.24, 2.45) is 11.3 Å². The Morgan fingerprint density at radius 2 is 1.96 bits per heavy atom. The van der Waals surface area contributed by atoms with Crippen molar-refractivity contribution in [3.63, 3.8) is 0 Å². The van der Waals surface area contributed by atoms with E-state index in [0.717, 1.165) is 35.6 Å². The van der Waals surface area contributed by atoms with Crippen LogP contribution < -0.4 is 4.74 Å². The molecule has 0 radical (unpaired) electrons. The van der Waals surface area contributed by atoms with Crippen LogP contribution in [0.3, 0.4) is 0 Å². The summed E-state index contributed by atoms with van der Waals surface area (Å²) in [5.74, 6) is -0.144. The highest BCUT2D eigenvalue weighted by molar-refractivity contribution is 7.16. The molecule has 7 heteroatoms. The largest absolute Gasteiger partial charge is 0.497 e. The summed E-state index contributed by atoms with van der Waals surface area (Å²) >= 11 is 1.38. The number of carbonyl (C=O) groups is 2. The Hall–Kier alpha value is -2.41. The van der Waals surface area contributed by atoms with Gasteiger partial charge >= 0.3 is 5.97 Å². The second-order valence-electron chi connectivity index (χ2n) is 7.01. The lowest BCUT2D eigenvalue weighted by Crippen LogP contribution is -2.39. The van der Waals surface area contributed by atoms with E-state index in [2.05, 4.69) is 4.98 Å². The molecule has 1 N–H and O–H groups in total. The fraction of sp³-hybridized carbons (Fsp3) is 0.421. The van der Waals surface area contributed by atoms with Gasteiger partial charge in [0.1, 0.15) is 15.6 Å². The van der Waals surface area contributed by atoms with E-state index in [4.69, 9.17) is 4.74 Å². The normalized spacial score (nSPS) is 20.8. The number of nitrogens with zero attached hydrogens (tertiary/aromatic N) is 2. The summed E-state index contributed by atoms with van der Waals surface area (Å²) in [6, 6.07) is 7.60. The SMILES string of the molecule is COc1ccc(-c2ncc(C(=O)N3CCC4(CC3)CC4C(=O)O)s2)cc1. The van der Waals surface area contributed by atoms with Gasteiger partial charge in [0.2, 0.25) is 0 Å². The van der Waals surface area contributed by atoms with Crippen LogP contribution in [0.15, 0.2) is 30.5 Å². The summed E-state index contributed by atoms with van der Waals surface area (Å²) < 4.78 is 5.16. The molecule has 2 fully saturated rings. The number of thiazole rings is 1. The molecule has 1 amide bonds. The molecule has 4 rings (SSSR count). The van der Waals surface area contributed by atoms with Crippen LogP contribution in [0.25, 0.3) is 10.6 Å². The molecule has 2 aromatic rings. The van der Waals surface area contributed by atoms with Crippen LogP contribution >= 0.6 is 11.3 Å². The van der Waals surface area contributed by atoms with Crippen molar-refractivity contribution in [2.75, 3.05) is 20.2 Å². The predicted molar refractivity (Wildman–Crippen MR) is 97.4 cm³/mol. The van der Waals surface area contributed by atoms with Crippen molar-refractivity contribution in [1.29, 1.82) is 0 Å². The van der Waals surface area contributed by atoms with E-state index >= 15 is 0 Å². The zero-order valence-electron chi connectivity index (χ0n) is 14.5. The average Bonchev–Trinajstić information content (AvgIpc) is 3.15. The van der Waals surface area contributed by atoms with Crippen LogP contribution in [0.1, 0.15) is 28.9 Å². The number of ether oxygens (including phenoxy) is 1. The minimum Gasteiger partial charge on any atom is -0.497 e. The molecule has 1 saturated carbocycles. The summed E-state index contributed by atoms with van der Waals surface area (Å²) in [6.45, 7) is 1.25. The minimum atomic E-state index is -0.698. The van der Waals surface area contributed by atoms with E-state index in [0.29, 0.717) is 18.0 Å². The first-order valence-corrected chi connectivity index (χ1v) is 9.46. The molecule has 1 aromatic carbocycles. The first-order valence-electron chi connectivity index (χ1n) is 8.65. The molecule has 1 unspecified atom stereocenters.